The quantitative estimate of drug-likeness (QED) is 0.480. The van der Waals surface area contributed by atoms with Crippen LogP contribution >= 0.6 is 0 Å². The summed E-state index contributed by atoms with van der Waals surface area (Å²) in [4.78, 5) is 35.6. The number of carboxylic acids is 1. The van der Waals surface area contributed by atoms with Crippen LogP contribution in [0.5, 0.6) is 0 Å². The zero-order valence-corrected chi connectivity index (χ0v) is 19.0. The predicted molar refractivity (Wildman–Crippen MR) is 122 cm³/mol. The molecular formula is C25H28F2N2O5. The molecule has 0 bridgehead atoms. The summed E-state index contributed by atoms with van der Waals surface area (Å²) >= 11 is 0. The number of hydrogen-bond acceptors (Lipinski definition) is 4. The zero-order valence-electron chi connectivity index (χ0n) is 19.0. The molecule has 2 amide bonds. The second kappa shape index (κ2) is 10.6. The van der Waals surface area contributed by atoms with Crippen LogP contribution < -0.4 is 10.6 Å². The van der Waals surface area contributed by atoms with Crippen molar-refractivity contribution in [2.24, 2.45) is 5.41 Å². The molecule has 1 unspecified atom stereocenters. The molecule has 0 aliphatic heterocycles. The topological polar surface area (TPSA) is 105 Å². The van der Waals surface area contributed by atoms with E-state index in [1.807, 2.05) is 48.5 Å². The van der Waals surface area contributed by atoms with Gasteiger partial charge in [0.2, 0.25) is 12.3 Å². The van der Waals surface area contributed by atoms with Crippen LogP contribution in [0.25, 0.3) is 11.1 Å². The fraction of sp³-hybridized carbons (Fsp3) is 0.400. The number of ether oxygens (including phenoxy) is 1. The lowest BCUT2D eigenvalue weighted by Crippen LogP contribution is -2.45. The number of carbonyl (C=O) groups is 3. The highest BCUT2D eigenvalue weighted by atomic mass is 19.3. The first-order chi connectivity index (χ1) is 16.1. The van der Waals surface area contributed by atoms with Crippen LogP contribution in [0.2, 0.25) is 0 Å². The molecular weight excluding hydrogens is 446 g/mol. The van der Waals surface area contributed by atoms with Crippen molar-refractivity contribution in [3.05, 3.63) is 59.7 Å². The minimum Gasteiger partial charge on any atom is -0.480 e. The monoisotopic (exact) mass is 474 g/mol. The summed E-state index contributed by atoms with van der Waals surface area (Å²) in [6.45, 7) is 3.61. The van der Waals surface area contributed by atoms with E-state index >= 15 is 0 Å². The Morgan fingerprint density at radius 2 is 1.59 bits per heavy atom. The van der Waals surface area contributed by atoms with Gasteiger partial charge in [-0.25, -0.2) is 18.4 Å². The summed E-state index contributed by atoms with van der Waals surface area (Å²) in [5.41, 5.74) is 3.65. The Bertz CT molecular complexity index is 1010. The lowest BCUT2D eigenvalue weighted by Gasteiger charge is -2.25. The van der Waals surface area contributed by atoms with Crippen LogP contribution in [0.1, 0.15) is 43.7 Å². The minimum atomic E-state index is -2.86. The second-order valence-electron chi connectivity index (χ2n) is 9.11. The Kier molecular flexibility index (Phi) is 7.86. The van der Waals surface area contributed by atoms with Gasteiger partial charge >= 0.3 is 12.1 Å². The Hall–Kier alpha value is -3.49. The molecule has 34 heavy (non-hydrogen) atoms. The Labute approximate surface area is 196 Å². The van der Waals surface area contributed by atoms with Crippen LogP contribution in [0.15, 0.2) is 48.5 Å². The van der Waals surface area contributed by atoms with Gasteiger partial charge in [0.25, 0.3) is 0 Å². The number of carboxylic acid groups (broad SMARTS) is 1. The van der Waals surface area contributed by atoms with E-state index in [-0.39, 0.29) is 25.5 Å². The molecule has 1 atom stereocenters. The Balaban J connectivity index is 1.51. The molecule has 0 fully saturated rings. The number of aliphatic carboxylic acids is 1. The molecule has 1 aliphatic rings. The number of alkyl halides is 2. The molecule has 0 heterocycles. The highest BCUT2D eigenvalue weighted by Crippen LogP contribution is 2.44. The summed E-state index contributed by atoms with van der Waals surface area (Å²) < 4.78 is 30.5. The van der Waals surface area contributed by atoms with E-state index in [9.17, 15) is 23.2 Å². The van der Waals surface area contributed by atoms with Crippen molar-refractivity contribution in [3.63, 3.8) is 0 Å². The maximum absolute atomic E-state index is 12.5. The van der Waals surface area contributed by atoms with Gasteiger partial charge in [0.1, 0.15) is 12.6 Å². The van der Waals surface area contributed by atoms with E-state index < -0.39 is 42.3 Å². The fourth-order valence-corrected chi connectivity index (χ4v) is 4.10. The molecule has 3 N–H and O–H groups in total. The van der Waals surface area contributed by atoms with E-state index in [2.05, 4.69) is 10.6 Å². The van der Waals surface area contributed by atoms with Crippen LogP contribution in [-0.2, 0) is 14.3 Å². The summed E-state index contributed by atoms with van der Waals surface area (Å²) in [6, 6.07) is 14.3. The number of rotatable bonds is 10. The summed E-state index contributed by atoms with van der Waals surface area (Å²) in [5, 5.41) is 13.7. The molecule has 2 aromatic rings. The van der Waals surface area contributed by atoms with Crippen molar-refractivity contribution >= 4 is 18.0 Å². The lowest BCUT2D eigenvalue weighted by atomic mass is 9.88. The van der Waals surface area contributed by atoms with E-state index in [0.29, 0.717) is 0 Å². The summed E-state index contributed by atoms with van der Waals surface area (Å²) in [7, 11) is 0. The second-order valence-corrected chi connectivity index (χ2v) is 9.11. The van der Waals surface area contributed by atoms with Crippen LogP contribution in [0, 0.1) is 5.41 Å². The average molecular weight is 475 g/mol. The maximum atomic E-state index is 12.5. The largest absolute Gasteiger partial charge is 0.480 e. The summed E-state index contributed by atoms with van der Waals surface area (Å²) in [6.07, 6.45) is -4.63. The maximum Gasteiger partial charge on any atom is 0.407 e. The summed E-state index contributed by atoms with van der Waals surface area (Å²) in [5.74, 6) is -2.30. The van der Waals surface area contributed by atoms with Crippen LogP contribution in [-0.4, -0.2) is 48.7 Å². The third-order valence-corrected chi connectivity index (χ3v) is 5.74. The number of fused-ring (bicyclic) bond motifs is 3. The van der Waals surface area contributed by atoms with Gasteiger partial charge in [-0.15, -0.1) is 0 Å². The molecule has 0 saturated carbocycles. The normalized spacial score (nSPS) is 13.7. The highest BCUT2D eigenvalue weighted by molar-refractivity contribution is 5.84. The number of amides is 2. The number of carbonyl (C=O) groups excluding carboxylic acids is 2. The number of alkyl carbamates (subject to hydrolysis) is 1. The van der Waals surface area contributed by atoms with Crippen LogP contribution in [0.4, 0.5) is 13.6 Å². The first-order valence-electron chi connectivity index (χ1n) is 11.0. The van der Waals surface area contributed by atoms with Crippen LogP contribution in [0.3, 0.4) is 0 Å². The SMILES string of the molecule is CC(C)(CNC(=O)OCC1c2ccccc2-c2ccccc21)CC(=O)NC(CC(F)F)C(=O)O. The number of halogens is 2. The van der Waals surface area contributed by atoms with Crippen molar-refractivity contribution < 1.29 is 33.0 Å². The van der Waals surface area contributed by atoms with E-state index in [1.165, 1.54) is 0 Å². The van der Waals surface area contributed by atoms with E-state index in [4.69, 9.17) is 9.84 Å². The standard InChI is InChI=1S/C25H28F2N2O5/c1-25(2,12-22(30)29-20(23(31)32)11-21(26)27)14-28-24(33)34-13-19-17-9-5-3-7-15(17)16-8-4-6-10-18(16)19/h3-10,19-21H,11-14H2,1-2H3,(H,28,33)(H,29,30)(H,31,32). The molecule has 0 saturated heterocycles. The molecule has 182 valence electrons. The van der Waals surface area contributed by atoms with E-state index in [0.717, 1.165) is 22.3 Å². The van der Waals surface area contributed by atoms with Gasteiger partial charge in [-0.05, 0) is 27.7 Å². The smallest absolute Gasteiger partial charge is 0.407 e. The van der Waals surface area contributed by atoms with Gasteiger partial charge in [-0.3, -0.25) is 4.79 Å². The van der Waals surface area contributed by atoms with Gasteiger partial charge in [0.05, 0.1) is 0 Å². The van der Waals surface area contributed by atoms with Crippen molar-refractivity contribution in [2.75, 3.05) is 13.2 Å². The van der Waals surface area contributed by atoms with Gasteiger partial charge in [0.15, 0.2) is 0 Å². The lowest BCUT2D eigenvalue weighted by molar-refractivity contribution is -0.143. The zero-order chi connectivity index (χ0) is 24.9. The molecule has 0 radical (unpaired) electrons. The molecule has 3 rings (SSSR count). The first-order valence-corrected chi connectivity index (χ1v) is 11.0. The molecule has 0 spiro atoms. The van der Waals surface area contributed by atoms with Crippen molar-refractivity contribution in [1.29, 1.82) is 0 Å². The molecule has 9 heteroatoms. The van der Waals surface area contributed by atoms with Crippen molar-refractivity contribution in [1.82, 2.24) is 10.6 Å². The van der Waals surface area contributed by atoms with Gasteiger partial charge < -0.3 is 20.5 Å². The van der Waals surface area contributed by atoms with Crippen molar-refractivity contribution in [3.8, 4) is 11.1 Å². The van der Waals surface area contributed by atoms with Crippen molar-refractivity contribution in [2.45, 2.75) is 45.1 Å². The third kappa shape index (κ3) is 6.30. The Morgan fingerprint density at radius 1 is 1.03 bits per heavy atom. The van der Waals surface area contributed by atoms with Gasteiger partial charge in [0, 0.05) is 25.3 Å². The number of benzene rings is 2. The Morgan fingerprint density at radius 3 is 2.12 bits per heavy atom. The van der Waals surface area contributed by atoms with Gasteiger partial charge in [-0.2, -0.15) is 0 Å². The fourth-order valence-electron chi connectivity index (χ4n) is 4.10. The minimum absolute atomic E-state index is 0.0731. The number of nitrogens with one attached hydrogen (secondary N) is 2. The molecule has 7 nitrogen and oxygen atoms in total. The number of hydrogen-bond donors (Lipinski definition) is 3. The first kappa shape index (κ1) is 25.1. The van der Waals surface area contributed by atoms with Gasteiger partial charge in [-0.1, -0.05) is 62.4 Å². The molecule has 1 aliphatic carbocycles. The average Bonchev–Trinajstić information content (AvgIpc) is 3.09. The van der Waals surface area contributed by atoms with E-state index in [1.54, 1.807) is 13.8 Å². The predicted octanol–water partition coefficient (Wildman–Crippen LogP) is 4.17. The third-order valence-electron chi connectivity index (χ3n) is 5.74. The molecule has 2 aromatic carbocycles. The molecule has 0 aromatic heterocycles. The highest BCUT2D eigenvalue weighted by Gasteiger charge is 2.30.